The van der Waals surface area contributed by atoms with Crippen LogP contribution in [0.5, 0.6) is 11.5 Å². The summed E-state index contributed by atoms with van der Waals surface area (Å²) in [5.74, 6) is -1.19. The summed E-state index contributed by atoms with van der Waals surface area (Å²) in [7, 11) is -2.99. The number of halogens is 2. The summed E-state index contributed by atoms with van der Waals surface area (Å²) in [6.07, 6.45) is 1.08. The van der Waals surface area contributed by atoms with Crippen LogP contribution in [0.3, 0.4) is 0 Å². The number of nitrogens with one attached hydrogen (secondary N) is 1. The minimum absolute atomic E-state index is 0.0300. The number of ether oxygens (including phenoxy) is 1. The third-order valence-electron chi connectivity index (χ3n) is 4.60. The molecule has 0 aliphatic heterocycles. The van der Waals surface area contributed by atoms with Gasteiger partial charge in [-0.3, -0.25) is 14.9 Å². The van der Waals surface area contributed by atoms with Crippen molar-refractivity contribution in [2.24, 2.45) is 0 Å². The van der Waals surface area contributed by atoms with Crippen molar-refractivity contribution < 1.29 is 27.1 Å². The minimum atomic E-state index is -4.28. The zero-order valence-electron chi connectivity index (χ0n) is 18.3. The van der Waals surface area contributed by atoms with Crippen LogP contribution in [0.25, 0.3) is 6.08 Å². The number of non-ortho nitro benzene ring substituents is 1. The van der Waals surface area contributed by atoms with E-state index in [1.54, 1.807) is 12.1 Å². The van der Waals surface area contributed by atoms with Crippen molar-refractivity contribution in [3.63, 3.8) is 0 Å². The third-order valence-corrected chi connectivity index (χ3v) is 6.43. The van der Waals surface area contributed by atoms with Gasteiger partial charge in [0.05, 0.1) is 27.8 Å². The molecule has 3 aromatic rings. The fourth-order valence-electron chi connectivity index (χ4n) is 2.91. The van der Waals surface area contributed by atoms with Gasteiger partial charge in [0.2, 0.25) is 0 Å². The van der Waals surface area contributed by atoms with E-state index in [1.165, 1.54) is 49.6 Å². The molecule has 0 fully saturated rings. The minimum Gasteiger partial charge on any atom is -0.493 e. The van der Waals surface area contributed by atoms with Crippen LogP contribution in [-0.4, -0.2) is 26.4 Å². The molecule has 0 spiro atoms. The number of carbonyl (C=O) groups is 1. The van der Waals surface area contributed by atoms with Crippen LogP contribution in [0.1, 0.15) is 5.56 Å². The first-order chi connectivity index (χ1) is 17.1. The monoisotopic (exact) mass is 547 g/mol. The Balaban J connectivity index is 2.00. The van der Waals surface area contributed by atoms with E-state index in [4.69, 9.17) is 32.1 Å². The molecular formula is C23H15Cl2N3O7S. The fraction of sp³-hybridized carbons (Fsp3) is 0.0435. The van der Waals surface area contributed by atoms with E-state index in [1.807, 2.05) is 0 Å². The van der Waals surface area contributed by atoms with Crippen LogP contribution in [0.15, 0.2) is 71.1 Å². The molecular weight excluding hydrogens is 533 g/mol. The molecule has 0 atom stereocenters. The van der Waals surface area contributed by atoms with Gasteiger partial charge in [-0.25, -0.2) is 0 Å². The van der Waals surface area contributed by atoms with Crippen LogP contribution in [-0.2, 0) is 14.9 Å². The van der Waals surface area contributed by atoms with Crippen LogP contribution in [0.2, 0.25) is 10.0 Å². The Labute approximate surface area is 215 Å². The number of nitrogens with zero attached hydrogens (tertiary/aromatic N) is 2. The van der Waals surface area contributed by atoms with Crippen molar-refractivity contribution in [1.29, 1.82) is 5.26 Å². The van der Waals surface area contributed by atoms with Crippen LogP contribution in [0, 0.1) is 21.4 Å². The molecule has 0 radical (unpaired) electrons. The molecule has 3 rings (SSSR count). The SMILES string of the molecule is COc1cccc(/C=C(\C#N)C(=O)Nc2c(Cl)cc([N+](=O)[O-])cc2Cl)c1OS(=O)(=O)c1ccccc1. The Morgan fingerprint density at radius 2 is 1.75 bits per heavy atom. The summed E-state index contributed by atoms with van der Waals surface area (Å²) in [4.78, 5) is 22.9. The Morgan fingerprint density at radius 1 is 1.11 bits per heavy atom. The second-order valence-corrected chi connectivity index (χ2v) is 9.26. The number of hydrogen-bond acceptors (Lipinski definition) is 8. The third kappa shape index (κ3) is 5.92. The van der Waals surface area contributed by atoms with Gasteiger partial charge in [0.15, 0.2) is 11.5 Å². The van der Waals surface area contributed by atoms with Crippen molar-refractivity contribution in [3.05, 3.63) is 92.0 Å². The Kier molecular flexibility index (Phi) is 8.16. The van der Waals surface area contributed by atoms with E-state index in [9.17, 15) is 28.6 Å². The number of benzene rings is 3. The molecule has 10 nitrogen and oxygen atoms in total. The summed E-state index contributed by atoms with van der Waals surface area (Å²) in [6, 6.07) is 15.4. The summed E-state index contributed by atoms with van der Waals surface area (Å²) < 4.78 is 36.1. The molecule has 0 aliphatic rings. The van der Waals surface area contributed by atoms with Gasteiger partial charge in [-0.2, -0.15) is 13.7 Å². The molecule has 36 heavy (non-hydrogen) atoms. The Bertz CT molecular complexity index is 1500. The number of para-hydroxylation sites is 1. The number of hydrogen-bond donors (Lipinski definition) is 1. The van der Waals surface area contributed by atoms with Crippen molar-refractivity contribution in [2.45, 2.75) is 4.90 Å². The molecule has 3 aromatic carbocycles. The van der Waals surface area contributed by atoms with Gasteiger partial charge < -0.3 is 14.2 Å². The smallest absolute Gasteiger partial charge is 0.339 e. The molecule has 0 aliphatic carbocycles. The summed E-state index contributed by atoms with van der Waals surface area (Å²) >= 11 is 12.0. The topological polar surface area (TPSA) is 149 Å². The van der Waals surface area contributed by atoms with E-state index < -0.39 is 32.2 Å². The maximum Gasteiger partial charge on any atom is 0.339 e. The van der Waals surface area contributed by atoms with Gasteiger partial charge in [0.25, 0.3) is 11.6 Å². The number of amides is 1. The van der Waals surface area contributed by atoms with Gasteiger partial charge in [-0.1, -0.05) is 53.5 Å². The highest BCUT2D eigenvalue weighted by molar-refractivity contribution is 7.87. The fourth-order valence-corrected chi connectivity index (χ4v) is 4.47. The van der Waals surface area contributed by atoms with E-state index in [2.05, 4.69) is 5.32 Å². The number of rotatable bonds is 8. The standard InChI is InChI=1S/C23H15Cl2N3O7S/c1-34-20-9-5-6-14(22(20)35-36(32,33)17-7-3-2-4-8-17)10-15(13-26)23(29)27-21-18(24)11-16(28(30)31)12-19(21)25/h2-12H,1H3,(H,27,29)/b15-10+. The number of nitriles is 1. The van der Waals surface area contributed by atoms with Gasteiger partial charge in [-0.15, -0.1) is 0 Å². The lowest BCUT2D eigenvalue weighted by Crippen LogP contribution is -2.15. The van der Waals surface area contributed by atoms with Crippen LogP contribution < -0.4 is 14.2 Å². The lowest BCUT2D eigenvalue weighted by atomic mass is 10.1. The molecule has 0 heterocycles. The average molecular weight is 548 g/mol. The van der Waals surface area contributed by atoms with E-state index >= 15 is 0 Å². The van der Waals surface area contributed by atoms with Crippen molar-refractivity contribution in [1.82, 2.24) is 0 Å². The number of nitro groups is 1. The lowest BCUT2D eigenvalue weighted by Gasteiger charge is -2.14. The Morgan fingerprint density at radius 3 is 2.31 bits per heavy atom. The van der Waals surface area contributed by atoms with Crippen molar-refractivity contribution in [3.8, 4) is 17.6 Å². The summed E-state index contributed by atoms with van der Waals surface area (Å²) in [5, 5.41) is 22.4. The molecule has 1 N–H and O–H groups in total. The first kappa shape index (κ1) is 26.5. The second kappa shape index (κ2) is 11.1. The maximum absolute atomic E-state index is 12.8. The summed E-state index contributed by atoms with van der Waals surface area (Å²) in [5.41, 5.74) is -0.974. The predicted octanol–water partition coefficient (Wildman–Crippen LogP) is 5.22. The largest absolute Gasteiger partial charge is 0.493 e. The molecule has 0 saturated carbocycles. The number of carbonyl (C=O) groups excluding carboxylic acids is 1. The van der Waals surface area contributed by atoms with E-state index in [-0.39, 0.29) is 37.7 Å². The van der Waals surface area contributed by atoms with Gasteiger partial charge in [0.1, 0.15) is 16.5 Å². The van der Waals surface area contributed by atoms with Crippen molar-refractivity contribution in [2.75, 3.05) is 12.4 Å². The highest BCUT2D eigenvalue weighted by Gasteiger charge is 2.23. The predicted molar refractivity (Wildman–Crippen MR) is 133 cm³/mol. The zero-order valence-corrected chi connectivity index (χ0v) is 20.6. The molecule has 0 aromatic heterocycles. The quantitative estimate of drug-likeness (QED) is 0.132. The lowest BCUT2D eigenvalue weighted by molar-refractivity contribution is -0.384. The van der Waals surface area contributed by atoms with E-state index in [0.29, 0.717) is 0 Å². The zero-order chi connectivity index (χ0) is 26.5. The number of anilines is 1. The van der Waals surface area contributed by atoms with Crippen LogP contribution in [0.4, 0.5) is 11.4 Å². The first-order valence-corrected chi connectivity index (χ1v) is 12.0. The molecule has 184 valence electrons. The normalized spacial score (nSPS) is 11.3. The van der Waals surface area contributed by atoms with Gasteiger partial charge in [-0.05, 0) is 24.3 Å². The summed E-state index contributed by atoms with van der Waals surface area (Å²) in [6.45, 7) is 0. The van der Waals surface area contributed by atoms with Gasteiger partial charge in [0, 0.05) is 17.7 Å². The highest BCUT2D eigenvalue weighted by Crippen LogP contribution is 2.37. The maximum atomic E-state index is 12.8. The number of methoxy groups -OCH3 is 1. The second-order valence-electron chi connectivity index (χ2n) is 6.89. The Hall–Kier alpha value is -4.11. The van der Waals surface area contributed by atoms with Crippen molar-refractivity contribution >= 4 is 56.7 Å². The van der Waals surface area contributed by atoms with E-state index in [0.717, 1.165) is 18.2 Å². The highest BCUT2D eigenvalue weighted by atomic mass is 35.5. The molecule has 0 saturated heterocycles. The average Bonchev–Trinajstić information content (AvgIpc) is 2.85. The van der Waals surface area contributed by atoms with Crippen LogP contribution >= 0.6 is 23.2 Å². The molecule has 0 unspecified atom stereocenters. The van der Waals surface area contributed by atoms with Gasteiger partial charge >= 0.3 is 10.1 Å². The molecule has 1 amide bonds. The number of nitro benzene ring substituents is 1. The first-order valence-electron chi connectivity index (χ1n) is 9.80. The molecule has 0 bridgehead atoms. The molecule has 13 heteroatoms.